The van der Waals surface area contributed by atoms with Gasteiger partial charge in [-0.1, -0.05) is 36.4 Å². The fourth-order valence-electron chi connectivity index (χ4n) is 1.62. The van der Waals surface area contributed by atoms with Crippen LogP contribution in [0.5, 0.6) is 0 Å². The number of hydrogen-bond acceptors (Lipinski definition) is 2. The normalized spacial score (nSPS) is 10.4. The summed E-state index contributed by atoms with van der Waals surface area (Å²) in [7, 11) is 0. The molecule has 1 nitrogen and oxygen atoms in total. The lowest BCUT2D eigenvalue weighted by molar-refractivity contribution is 1.40. The molecule has 80 valence electrons. The van der Waals surface area contributed by atoms with Gasteiger partial charge >= 0.3 is 0 Å². The Kier molecular flexibility index (Phi) is 2.72. The van der Waals surface area contributed by atoms with E-state index < -0.39 is 0 Å². The van der Waals surface area contributed by atoms with E-state index in [1.807, 2.05) is 42.5 Å². The molecule has 0 bridgehead atoms. The first-order valence-electron chi connectivity index (χ1n) is 5.32. The SMILES string of the molecule is [c]1cccc(-c2csc(-c3c[c]ccc3)n2)c1. The van der Waals surface area contributed by atoms with Gasteiger partial charge in [-0.15, -0.1) is 11.3 Å². The fraction of sp³-hybridized carbons (Fsp3) is 0. The minimum Gasteiger partial charge on any atom is -0.236 e. The molecular formula is C15H9NS. The number of nitrogens with zero attached hydrogens (tertiary/aromatic N) is 1. The molecule has 0 atom stereocenters. The van der Waals surface area contributed by atoms with Crippen LogP contribution >= 0.6 is 11.3 Å². The van der Waals surface area contributed by atoms with E-state index in [1.54, 1.807) is 11.3 Å². The molecule has 2 radical (unpaired) electrons. The molecule has 3 rings (SSSR count). The van der Waals surface area contributed by atoms with Crippen molar-refractivity contribution in [1.82, 2.24) is 4.98 Å². The van der Waals surface area contributed by atoms with E-state index in [0.29, 0.717) is 0 Å². The highest BCUT2D eigenvalue weighted by Gasteiger charge is 2.05. The first-order chi connectivity index (χ1) is 8.43. The molecule has 0 spiro atoms. The molecule has 0 saturated heterocycles. The van der Waals surface area contributed by atoms with E-state index >= 15 is 0 Å². The van der Waals surface area contributed by atoms with Gasteiger partial charge in [-0.2, -0.15) is 0 Å². The zero-order valence-corrected chi connectivity index (χ0v) is 9.87. The van der Waals surface area contributed by atoms with Crippen molar-refractivity contribution in [3.63, 3.8) is 0 Å². The van der Waals surface area contributed by atoms with E-state index in [0.717, 1.165) is 21.8 Å². The largest absolute Gasteiger partial charge is 0.236 e. The van der Waals surface area contributed by atoms with Crippen LogP contribution in [0.25, 0.3) is 21.8 Å². The third kappa shape index (κ3) is 2.12. The van der Waals surface area contributed by atoms with Gasteiger partial charge in [0, 0.05) is 16.5 Å². The van der Waals surface area contributed by atoms with Crippen molar-refractivity contribution in [2.75, 3.05) is 0 Å². The molecule has 1 aromatic heterocycles. The number of hydrogen-bond donors (Lipinski definition) is 0. The number of benzene rings is 2. The summed E-state index contributed by atoms with van der Waals surface area (Å²) in [6.07, 6.45) is 0. The molecule has 0 N–H and O–H groups in total. The molecule has 0 amide bonds. The van der Waals surface area contributed by atoms with Crippen LogP contribution in [0.15, 0.2) is 53.9 Å². The Morgan fingerprint density at radius 1 is 0.941 bits per heavy atom. The van der Waals surface area contributed by atoms with Crippen LogP contribution in [-0.2, 0) is 0 Å². The zero-order valence-electron chi connectivity index (χ0n) is 9.05. The maximum Gasteiger partial charge on any atom is 0.124 e. The van der Waals surface area contributed by atoms with Gasteiger partial charge in [0.1, 0.15) is 5.01 Å². The van der Waals surface area contributed by atoms with Crippen LogP contribution in [0.1, 0.15) is 0 Å². The van der Waals surface area contributed by atoms with Gasteiger partial charge in [0.25, 0.3) is 0 Å². The van der Waals surface area contributed by atoms with E-state index in [-0.39, 0.29) is 0 Å². The summed E-state index contributed by atoms with van der Waals surface area (Å²) in [6, 6.07) is 21.9. The minimum absolute atomic E-state index is 1.01. The Bertz CT molecular complexity index is 545. The second-order valence-electron chi connectivity index (χ2n) is 3.62. The number of aromatic nitrogens is 1. The van der Waals surface area contributed by atoms with Crippen LogP contribution in [0.3, 0.4) is 0 Å². The lowest BCUT2D eigenvalue weighted by atomic mass is 10.2. The fourth-order valence-corrected chi connectivity index (χ4v) is 2.44. The quantitative estimate of drug-likeness (QED) is 0.652. The summed E-state index contributed by atoms with van der Waals surface area (Å²) in [6.45, 7) is 0. The summed E-state index contributed by atoms with van der Waals surface area (Å²) in [5.41, 5.74) is 3.23. The van der Waals surface area contributed by atoms with Gasteiger partial charge in [-0.05, 0) is 24.3 Å². The topological polar surface area (TPSA) is 12.9 Å². The summed E-state index contributed by atoms with van der Waals surface area (Å²) in [5.74, 6) is 0. The molecule has 17 heavy (non-hydrogen) atoms. The van der Waals surface area contributed by atoms with E-state index in [4.69, 9.17) is 0 Å². The van der Waals surface area contributed by atoms with E-state index in [2.05, 4.69) is 28.6 Å². The minimum atomic E-state index is 1.01. The van der Waals surface area contributed by atoms with Crippen molar-refractivity contribution in [2.45, 2.75) is 0 Å². The van der Waals surface area contributed by atoms with Crippen molar-refractivity contribution < 1.29 is 0 Å². The lowest BCUT2D eigenvalue weighted by Gasteiger charge is -1.95. The summed E-state index contributed by atoms with van der Waals surface area (Å²) >= 11 is 1.65. The molecule has 0 unspecified atom stereocenters. The molecular weight excluding hydrogens is 226 g/mol. The highest BCUT2D eigenvalue weighted by molar-refractivity contribution is 7.13. The monoisotopic (exact) mass is 235 g/mol. The molecule has 2 aromatic carbocycles. The maximum absolute atomic E-state index is 4.63. The van der Waals surface area contributed by atoms with Crippen LogP contribution in [0, 0.1) is 12.1 Å². The predicted molar refractivity (Wildman–Crippen MR) is 70.7 cm³/mol. The third-order valence-electron chi connectivity index (χ3n) is 2.46. The molecule has 3 aromatic rings. The first-order valence-corrected chi connectivity index (χ1v) is 6.20. The van der Waals surface area contributed by atoms with Gasteiger partial charge in [-0.25, -0.2) is 4.98 Å². The van der Waals surface area contributed by atoms with Crippen molar-refractivity contribution in [3.8, 4) is 21.8 Å². The Morgan fingerprint density at radius 3 is 2.29 bits per heavy atom. The van der Waals surface area contributed by atoms with Crippen LogP contribution in [-0.4, -0.2) is 4.98 Å². The van der Waals surface area contributed by atoms with E-state index in [1.165, 1.54) is 0 Å². The smallest absolute Gasteiger partial charge is 0.124 e. The van der Waals surface area contributed by atoms with Gasteiger partial charge in [0.2, 0.25) is 0 Å². The average Bonchev–Trinajstić information content (AvgIpc) is 2.90. The van der Waals surface area contributed by atoms with Crippen molar-refractivity contribution >= 4 is 11.3 Å². The second-order valence-corrected chi connectivity index (χ2v) is 4.48. The number of thiazole rings is 1. The third-order valence-corrected chi connectivity index (χ3v) is 3.35. The van der Waals surface area contributed by atoms with Gasteiger partial charge < -0.3 is 0 Å². The van der Waals surface area contributed by atoms with Crippen molar-refractivity contribution in [1.29, 1.82) is 0 Å². The highest BCUT2D eigenvalue weighted by atomic mass is 32.1. The Morgan fingerprint density at radius 2 is 1.65 bits per heavy atom. The van der Waals surface area contributed by atoms with Crippen molar-refractivity contribution in [3.05, 3.63) is 66.0 Å². The van der Waals surface area contributed by atoms with Gasteiger partial charge in [0.05, 0.1) is 5.69 Å². The molecule has 0 aliphatic rings. The second kappa shape index (κ2) is 4.52. The Labute approximate surface area is 104 Å². The Hall–Kier alpha value is -1.93. The molecule has 0 saturated carbocycles. The van der Waals surface area contributed by atoms with Crippen molar-refractivity contribution in [2.24, 2.45) is 0 Å². The lowest BCUT2D eigenvalue weighted by Crippen LogP contribution is -1.78. The van der Waals surface area contributed by atoms with Gasteiger partial charge in [0.15, 0.2) is 0 Å². The average molecular weight is 235 g/mol. The first kappa shape index (κ1) is 10.2. The number of rotatable bonds is 2. The molecule has 0 aliphatic carbocycles. The van der Waals surface area contributed by atoms with Crippen LogP contribution in [0.2, 0.25) is 0 Å². The van der Waals surface area contributed by atoms with E-state index in [9.17, 15) is 0 Å². The standard InChI is InChI=1S/C15H9NS/c1-3-7-12(8-4-1)14-11-17-15(16-14)13-9-5-2-6-10-13/h1-3,5,7-11H. The molecule has 0 fully saturated rings. The molecule has 1 heterocycles. The van der Waals surface area contributed by atoms with Crippen LogP contribution < -0.4 is 0 Å². The summed E-state index contributed by atoms with van der Waals surface area (Å²) < 4.78 is 0. The molecule has 2 heteroatoms. The highest BCUT2D eigenvalue weighted by Crippen LogP contribution is 2.28. The predicted octanol–water partition coefficient (Wildman–Crippen LogP) is 4.08. The maximum atomic E-state index is 4.63. The summed E-state index contributed by atoms with van der Waals surface area (Å²) in [5, 5.41) is 3.10. The zero-order chi connectivity index (χ0) is 11.5. The van der Waals surface area contributed by atoms with Gasteiger partial charge in [-0.3, -0.25) is 0 Å². The summed E-state index contributed by atoms with van der Waals surface area (Å²) in [4.78, 5) is 4.63. The van der Waals surface area contributed by atoms with Crippen LogP contribution in [0.4, 0.5) is 0 Å². The molecule has 0 aliphatic heterocycles. The Balaban J connectivity index is 1.99.